The average molecular weight is 373 g/mol. The Labute approximate surface area is 154 Å². The van der Waals surface area contributed by atoms with Gasteiger partial charge in [0.25, 0.3) is 5.91 Å². The van der Waals surface area contributed by atoms with Gasteiger partial charge in [0, 0.05) is 6.07 Å². The Balaban J connectivity index is 1.79. The number of benzene rings is 2. The summed E-state index contributed by atoms with van der Waals surface area (Å²) in [7, 11) is 0. The van der Waals surface area contributed by atoms with Gasteiger partial charge in [-0.1, -0.05) is 37.3 Å². The summed E-state index contributed by atoms with van der Waals surface area (Å²) in [6.07, 6.45) is 0.290. The van der Waals surface area contributed by atoms with E-state index in [9.17, 15) is 23.2 Å². The third-order valence-corrected chi connectivity index (χ3v) is 4.48. The van der Waals surface area contributed by atoms with Crippen molar-refractivity contribution in [3.05, 3.63) is 65.7 Å². The van der Waals surface area contributed by atoms with Gasteiger partial charge in [0.2, 0.25) is 5.91 Å². The van der Waals surface area contributed by atoms with Crippen molar-refractivity contribution in [1.82, 2.24) is 10.2 Å². The molecule has 8 heteroatoms. The highest BCUT2D eigenvalue weighted by Crippen LogP contribution is 2.32. The van der Waals surface area contributed by atoms with E-state index in [1.807, 2.05) is 0 Å². The minimum absolute atomic E-state index is 0.290. The first-order valence-electron chi connectivity index (χ1n) is 8.32. The Morgan fingerprint density at radius 3 is 2.52 bits per heavy atom. The lowest BCUT2D eigenvalue weighted by Crippen LogP contribution is -2.44. The van der Waals surface area contributed by atoms with E-state index in [-0.39, 0.29) is 12.1 Å². The number of nitrogens with zero attached hydrogens (tertiary/aromatic N) is 1. The largest absolute Gasteiger partial charge is 0.325 e. The van der Waals surface area contributed by atoms with Gasteiger partial charge >= 0.3 is 6.03 Å². The molecule has 0 saturated carbocycles. The zero-order valence-electron chi connectivity index (χ0n) is 14.5. The molecular formula is C19H17F2N3O3. The number of nitrogens with one attached hydrogen (secondary N) is 2. The van der Waals surface area contributed by atoms with Gasteiger partial charge < -0.3 is 10.6 Å². The molecule has 4 amide bonds. The van der Waals surface area contributed by atoms with Gasteiger partial charge in [-0.05, 0) is 24.1 Å². The summed E-state index contributed by atoms with van der Waals surface area (Å²) >= 11 is 0. The van der Waals surface area contributed by atoms with E-state index in [4.69, 9.17) is 0 Å². The lowest BCUT2D eigenvalue weighted by Gasteiger charge is -2.25. The fraction of sp³-hybridized carbons (Fsp3) is 0.211. The molecule has 6 nitrogen and oxygen atoms in total. The van der Waals surface area contributed by atoms with Crippen molar-refractivity contribution in [3.8, 4) is 0 Å². The predicted molar refractivity (Wildman–Crippen MR) is 93.6 cm³/mol. The minimum atomic E-state index is -1.26. The van der Waals surface area contributed by atoms with Gasteiger partial charge in [-0.2, -0.15) is 0 Å². The van der Waals surface area contributed by atoms with Crippen LogP contribution in [0.3, 0.4) is 0 Å². The van der Waals surface area contributed by atoms with Crippen LogP contribution in [0, 0.1) is 11.6 Å². The molecule has 1 fully saturated rings. The number of imide groups is 1. The molecule has 0 spiro atoms. The van der Waals surface area contributed by atoms with Crippen molar-refractivity contribution < 1.29 is 23.2 Å². The van der Waals surface area contributed by atoms with Crippen LogP contribution in [-0.2, 0) is 15.1 Å². The van der Waals surface area contributed by atoms with Crippen molar-refractivity contribution >= 4 is 23.5 Å². The van der Waals surface area contributed by atoms with Gasteiger partial charge in [0.15, 0.2) is 0 Å². The monoisotopic (exact) mass is 373 g/mol. The van der Waals surface area contributed by atoms with Crippen molar-refractivity contribution in [3.63, 3.8) is 0 Å². The van der Waals surface area contributed by atoms with E-state index in [1.54, 1.807) is 37.3 Å². The molecule has 2 aromatic carbocycles. The van der Waals surface area contributed by atoms with Crippen LogP contribution in [0.4, 0.5) is 19.3 Å². The fourth-order valence-corrected chi connectivity index (χ4v) is 3.06. The number of carbonyl (C=O) groups excluding carboxylic acids is 3. The molecule has 0 radical (unpaired) electrons. The van der Waals surface area contributed by atoms with Crippen LogP contribution in [0.1, 0.15) is 18.9 Å². The summed E-state index contributed by atoms with van der Waals surface area (Å²) in [5.74, 6) is -2.94. The summed E-state index contributed by atoms with van der Waals surface area (Å²) < 4.78 is 26.9. The van der Waals surface area contributed by atoms with Crippen molar-refractivity contribution in [2.45, 2.75) is 18.9 Å². The smallest absolute Gasteiger partial charge is 0.322 e. The first-order valence-corrected chi connectivity index (χ1v) is 8.32. The van der Waals surface area contributed by atoms with Crippen molar-refractivity contribution in [2.24, 2.45) is 0 Å². The zero-order chi connectivity index (χ0) is 19.6. The van der Waals surface area contributed by atoms with E-state index in [2.05, 4.69) is 10.6 Å². The second-order valence-electron chi connectivity index (χ2n) is 6.12. The van der Waals surface area contributed by atoms with Crippen LogP contribution in [-0.4, -0.2) is 29.3 Å². The third-order valence-electron chi connectivity index (χ3n) is 4.48. The molecule has 140 valence electrons. The number of hydrogen-bond acceptors (Lipinski definition) is 3. The average Bonchev–Trinajstić information content (AvgIpc) is 2.90. The zero-order valence-corrected chi connectivity index (χ0v) is 14.5. The number of rotatable bonds is 5. The number of urea groups is 1. The first kappa shape index (κ1) is 18.5. The standard InChI is InChI=1S/C19H17F2N3O3/c1-2-19(12-6-4-3-5-7-12)17(26)24(18(27)23-19)11-16(25)22-15-10-13(20)8-9-14(15)21/h3-10H,2,11H2,1H3,(H,22,25)(H,23,27). The Kier molecular flexibility index (Phi) is 4.89. The van der Waals surface area contributed by atoms with Crippen molar-refractivity contribution in [1.29, 1.82) is 0 Å². The number of halogens is 2. The molecule has 1 atom stereocenters. The van der Waals surface area contributed by atoms with E-state index in [1.165, 1.54) is 0 Å². The molecule has 1 heterocycles. The molecule has 1 aliphatic rings. The maximum Gasteiger partial charge on any atom is 0.325 e. The highest BCUT2D eigenvalue weighted by molar-refractivity contribution is 6.10. The molecule has 0 bridgehead atoms. The summed E-state index contributed by atoms with van der Waals surface area (Å²) in [6, 6.07) is 10.6. The number of anilines is 1. The molecule has 1 saturated heterocycles. The Morgan fingerprint density at radius 1 is 1.15 bits per heavy atom. The number of hydrogen-bond donors (Lipinski definition) is 2. The summed E-state index contributed by atoms with van der Waals surface area (Å²) in [5.41, 5.74) is -1.02. The van der Waals surface area contributed by atoms with Crippen LogP contribution in [0.15, 0.2) is 48.5 Å². The minimum Gasteiger partial charge on any atom is -0.322 e. The molecule has 0 aromatic heterocycles. The Bertz CT molecular complexity index is 904. The van der Waals surface area contributed by atoms with E-state index >= 15 is 0 Å². The molecule has 0 aliphatic carbocycles. The van der Waals surface area contributed by atoms with Gasteiger partial charge in [-0.25, -0.2) is 13.6 Å². The molecule has 1 unspecified atom stereocenters. The number of carbonyl (C=O) groups is 3. The van der Waals surface area contributed by atoms with E-state index in [0.717, 1.165) is 23.1 Å². The van der Waals surface area contributed by atoms with Crippen LogP contribution in [0.5, 0.6) is 0 Å². The van der Waals surface area contributed by atoms with Crippen LogP contribution >= 0.6 is 0 Å². The second kappa shape index (κ2) is 7.14. The van der Waals surface area contributed by atoms with Gasteiger partial charge in [0.05, 0.1) is 5.69 Å². The van der Waals surface area contributed by atoms with E-state index in [0.29, 0.717) is 5.56 Å². The predicted octanol–water partition coefficient (Wildman–Crippen LogP) is 2.76. The summed E-state index contributed by atoms with van der Waals surface area (Å²) in [5, 5.41) is 4.82. The summed E-state index contributed by atoms with van der Waals surface area (Å²) in [4.78, 5) is 38.2. The third kappa shape index (κ3) is 3.38. The van der Waals surface area contributed by atoms with Gasteiger partial charge in [0.1, 0.15) is 23.7 Å². The van der Waals surface area contributed by atoms with Crippen LogP contribution in [0.2, 0.25) is 0 Å². The molecular weight excluding hydrogens is 356 g/mol. The van der Waals surface area contributed by atoms with E-state index < -0.39 is 41.6 Å². The van der Waals surface area contributed by atoms with Gasteiger partial charge in [-0.3, -0.25) is 14.5 Å². The topological polar surface area (TPSA) is 78.5 Å². The Hall–Kier alpha value is -3.29. The van der Waals surface area contributed by atoms with Crippen LogP contribution in [0.25, 0.3) is 0 Å². The fourth-order valence-electron chi connectivity index (χ4n) is 3.06. The lowest BCUT2D eigenvalue weighted by molar-refractivity contribution is -0.134. The normalized spacial score (nSPS) is 19.1. The molecule has 3 rings (SSSR count). The molecule has 27 heavy (non-hydrogen) atoms. The highest BCUT2D eigenvalue weighted by Gasteiger charge is 2.51. The van der Waals surface area contributed by atoms with Gasteiger partial charge in [-0.15, -0.1) is 0 Å². The second-order valence-corrected chi connectivity index (χ2v) is 6.12. The van der Waals surface area contributed by atoms with Crippen LogP contribution < -0.4 is 10.6 Å². The first-order chi connectivity index (χ1) is 12.9. The maximum absolute atomic E-state index is 13.7. The molecule has 1 aliphatic heterocycles. The summed E-state index contributed by atoms with van der Waals surface area (Å²) in [6.45, 7) is 1.13. The molecule has 2 aromatic rings. The maximum atomic E-state index is 13.7. The molecule has 2 N–H and O–H groups in total. The Morgan fingerprint density at radius 2 is 1.85 bits per heavy atom. The highest BCUT2D eigenvalue weighted by atomic mass is 19.1. The lowest BCUT2D eigenvalue weighted by atomic mass is 9.87. The SMILES string of the molecule is CCC1(c2ccccc2)NC(=O)N(CC(=O)Nc2cc(F)ccc2F)C1=O. The quantitative estimate of drug-likeness (QED) is 0.791. The van der Waals surface area contributed by atoms with Crippen molar-refractivity contribution in [2.75, 3.05) is 11.9 Å². The number of amides is 4.